The van der Waals surface area contributed by atoms with Gasteiger partial charge < -0.3 is 4.57 Å². The summed E-state index contributed by atoms with van der Waals surface area (Å²) in [4.78, 5) is 14.5. The highest BCUT2D eigenvalue weighted by Crippen LogP contribution is 2.30. The van der Waals surface area contributed by atoms with Gasteiger partial charge in [0, 0.05) is 34.6 Å². The maximum absolute atomic E-state index is 13.7. The van der Waals surface area contributed by atoms with Gasteiger partial charge in [-0.25, -0.2) is 5.01 Å². The van der Waals surface area contributed by atoms with Crippen molar-refractivity contribution in [1.82, 2.24) is 15.0 Å². The van der Waals surface area contributed by atoms with E-state index in [2.05, 4.69) is 30.6 Å². The van der Waals surface area contributed by atoms with Crippen molar-refractivity contribution in [3.63, 3.8) is 0 Å². The molecular formula is C31H36N4O3S2. The molecule has 0 spiro atoms. The van der Waals surface area contributed by atoms with E-state index >= 15 is 0 Å². The largest absolute Gasteiger partial charge is 0.316 e. The number of sulfonamides is 1. The fourth-order valence-corrected chi connectivity index (χ4v) is 7.79. The van der Waals surface area contributed by atoms with E-state index in [1.54, 1.807) is 12.1 Å². The van der Waals surface area contributed by atoms with Gasteiger partial charge in [0.1, 0.15) is 0 Å². The van der Waals surface area contributed by atoms with Gasteiger partial charge in [0.25, 0.3) is 15.9 Å². The van der Waals surface area contributed by atoms with E-state index in [-0.39, 0.29) is 16.2 Å². The number of rotatable bonds is 6. The molecule has 2 heterocycles. The molecule has 1 aliphatic rings. The second kappa shape index (κ2) is 11.3. The molecule has 1 amide bonds. The predicted octanol–water partition coefficient (Wildman–Crippen LogP) is 5.78. The van der Waals surface area contributed by atoms with E-state index in [1.165, 1.54) is 17.8 Å². The minimum atomic E-state index is -3.98. The lowest BCUT2D eigenvalue weighted by Crippen LogP contribution is -2.45. The fraction of sp³-hybridized carbons (Fsp3) is 0.355. The zero-order chi connectivity index (χ0) is 28.5. The van der Waals surface area contributed by atoms with Crippen LogP contribution in [0, 0.1) is 6.92 Å². The first-order valence-electron chi connectivity index (χ1n) is 13.7. The Kier molecular flexibility index (Phi) is 7.99. The zero-order valence-corrected chi connectivity index (χ0v) is 25.1. The number of benzene rings is 3. The number of aromatic nitrogens is 1. The van der Waals surface area contributed by atoms with Crippen molar-refractivity contribution in [3.05, 3.63) is 93.2 Å². The summed E-state index contributed by atoms with van der Waals surface area (Å²) in [5.41, 5.74) is 5.37. The molecule has 1 aliphatic heterocycles. The number of hydrazine groups is 1. The average molecular weight is 577 g/mol. The van der Waals surface area contributed by atoms with E-state index in [9.17, 15) is 13.2 Å². The van der Waals surface area contributed by atoms with Gasteiger partial charge in [-0.2, -0.15) is 8.42 Å². The van der Waals surface area contributed by atoms with E-state index in [0.717, 1.165) is 47.5 Å². The molecular weight excluding hydrogens is 541 g/mol. The molecule has 0 unspecified atom stereocenters. The first-order chi connectivity index (χ1) is 19.0. The van der Waals surface area contributed by atoms with Crippen LogP contribution in [-0.4, -0.2) is 37.0 Å². The summed E-state index contributed by atoms with van der Waals surface area (Å²) < 4.78 is 33.7. The van der Waals surface area contributed by atoms with Gasteiger partial charge in [-0.3, -0.25) is 10.2 Å². The normalized spacial score (nSPS) is 15.4. The molecule has 0 radical (unpaired) electrons. The summed E-state index contributed by atoms with van der Waals surface area (Å²) >= 11 is 1.41. The van der Waals surface area contributed by atoms with E-state index in [1.807, 2.05) is 71.1 Å². The average Bonchev–Trinajstić information content (AvgIpc) is 3.23. The Labute approximate surface area is 240 Å². The molecule has 1 saturated heterocycles. The van der Waals surface area contributed by atoms with Gasteiger partial charge in [0.2, 0.25) is 4.80 Å². The lowest BCUT2D eigenvalue weighted by atomic mass is 9.93. The van der Waals surface area contributed by atoms with Crippen LogP contribution < -0.4 is 10.2 Å². The summed E-state index contributed by atoms with van der Waals surface area (Å²) in [6.45, 7) is 10.6. The molecule has 0 saturated carbocycles. The van der Waals surface area contributed by atoms with Crippen molar-refractivity contribution in [2.24, 2.45) is 4.40 Å². The Balaban J connectivity index is 1.49. The minimum absolute atomic E-state index is 0.111. The third kappa shape index (κ3) is 6.06. The number of carbonyl (C=O) groups is 1. The monoisotopic (exact) mass is 576 g/mol. The number of hydrogen-bond donors (Lipinski definition) is 1. The van der Waals surface area contributed by atoms with Crippen LogP contribution in [0.2, 0.25) is 0 Å². The standard InChI is InChI=1S/C31H36N4O3S2/c1-22-28(31(2,3)4)39-30(33-40(37,38)27-14-10-12-24-11-6-7-13-26(24)27)35(22)21-23-15-17-25(18-16-23)29(36)32-34-19-8-5-9-20-34/h6-7,10-18H,5,8-9,19-21H2,1-4H3,(H,32,36)/b33-30-. The molecule has 0 bridgehead atoms. The van der Waals surface area contributed by atoms with Crippen LogP contribution in [0.4, 0.5) is 0 Å². The fourth-order valence-electron chi connectivity index (χ4n) is 5.17. The van der Waals surface area contributed by atoms with Gasteiger partial charge in [0.15, 0.2) is 0 Å². The Morgan fingerprint density at radius 1 is 0.950 bits per heavy atom. The van der Waals surface area contributed by atoms with E-state index in [4.69, 9.17) is 0 Å². The number of amides is 1. The lowest BCUT2D eigenvalue weighted by molar-refractivity contribution is 0.0750. The molecule has 3 aromatic carbocycles. The van der Waals surface area contributed by atoms with E-state index < -0.39 is 10.0 Å². The van der Waals surface area contributed by atoms with Gasteiger partial charge in [-0.05, 0) is 54.3 Å². The molecule has 5 rings (SSSR count). The first kappa shape index (κ1) is 28.3. The Morgan fingerprint density at radius 3 is 2.33 bits per heavy atom. The molecule has 7 nitrogen and oxygen atoms in total. The number of nitrogens with zero attached hydrogens (tertiary/aromatic N) is 3. The van der Waals surface area contributed by atoms with Gasteiger partial charge in [0.05, 0.1) is 11.4 Å². The summed E-state index contributed by atoms with van der Waals surface area (Å²) in [7, 11) is -3.98. The summed E-state index contributed by atoms with van der Waals surface area (Å²) in [6, 6.07) is 20.2. The second-order valence-corrected chi connectivity index (χ2v) is 13.9. The van der Waals surface area contributed by atoms with Crippen LogP contribution in [0.25, 0.3) is 10.8 Å². The maximum Gasteiger partial charge on any atom is 0.285 e. The highest BCUT2D eigenvalue weighted by molar-refractivity contribution is 7.90. The summed E-state index contributed by atoms with van der Waals surface area (Å²) in [5, 5.41) is 3.50. The van der Waals surface area contributed by atoms with Gasteiger partial charge >= 0.3 is 0 Å². The van der Waals surface area contributed by atoms with Crippen LogP contribution in [0.5, 0.6) is 0 Å². The molecule has 4 aromatic rings. The number of piperidine rings is 1. The minimum Gasteiger partial charge on any atom is -0.316 e. The molecule has 210 valence electrons. The second-order valence-electron chi connectivity index (χ2n) is 11.4. The van der Waals surface area contributed by atoms with Crippen LogP contribution in [0.15, 0.2) is 76.0 Å². The van der Waals surface area contributed by atoms with E-state index in [0.29, 0.717) is 22.3 Å². The first-order valence-corrected chi connectivity index (χ1v) is 15.9. The molecule has 40 heavy (non-hydrogen) atoms. The maximum atomic E-state index is 13.7. The number of carbonyl (C=O) groups excluding carboxylic acids is 1. The number of thiazole rings is 1. The zero-order valence-electron chi connectivity index (χ0n) is 23.5. The van der Waals surface area contributed by atoms with Gasteiger partial charge in [-0.15, -0.1) is 15.7 Å². The molecule has 1 fully saturated rings. The third-order valence-corrected chi connectivity index (χ3v) is 10.3. The predicted molar refractivity (Wildman–Crippen MR) is 161 cm³/mol. The van der Waals surface area contributed by atoms with Gasteiger partial charge in [-0.1, -0.05) is 75.7 Å². The lowest BCUT2D eigenvalue weighted by Gasteiger charge is -2.26. The number of nitrogens with one attached hydrogen (secondary N) is 1. The van der Waals surface area contributed by atoms with Crippen LogP contribution in [-0.2, 0) is 22.0 Å². The van der Waals surface area contributed by atoms with Crippen molar-refractivity contribution >= 4 is 38.0 Å². The molecule has 0 aliphatic carbocycles. The van der Waals surface area contributed by atoms with Crippen molar-refractivity contribution < 1.29 is 13.2 Å². The highest BCUT2D eigenvalue weighted by atomic mass is 32.2. The Bertz CT molecular complexity index is 1700. The third-order valence-electron chi connectivity index (χ3n) is 7.24. The quantitative estimate of drug-likeness (QED) is 0.316. The summed E-state index contributed by atoms with van der Waals surface area (Å²) in [5.74, 6) is -0.111. The van der Waals surface area contributed by atoms with Crippen molar-refractivity contribution in [1.29, 1.82) is 0 Å². The number of hydrogen-bond acceptors (Lipinski definition) is 5. The topological polar surface area (TPSA) is 83.8 Å². The molecule has 0 atom stereocenters. The Hall–Kier alpha value is -3.27. The number of fused-ring (bicyclic) bond motifs is 1. The van der Waals surface area contributed by atoms with Crippen molar-refractivity contribution in [2.75, 3.05) is 13.1 Å². The van der Waals surface area contributed by atoms with Crippen LogP contribution in [0.3, 0.4) is 0 Å². The summed E-state index contributed by atoms with van der Waals surface area (Å²) in [6.07, 6.45) is 3.39. The Morgan fingerprint density at radius 2 is 1.62 bits per heavy atom. The smallest absolute Gasteiger partial charge is 0.285 e. The van der Waals surface area contributed by atoms with Crippen molar-refractivity contribution in [2.45, 2.75) is 63.8 Å². The molecule has 1 aromatic heterocycles. The van der Waals surface area contributed by atoms with Crippen LogP contribution in [0.1, 0.15) is 66.5 Å². The SMILES string of the molecule is Cc1c(C(C)(C)C)s/c(=N\S(=O)(=O)c2cccc3ccccc23)n1Cc1ccc(C(=O)NN2CCCCC2)cc1. The van der Waals surface area contributed by atoms with Crippen LogP contribution >= 0.6 is 11.3 Å². The molecule has 9 heteroatoms. The highest BCUT2D eigenvalue weighted by Gasteiger charge is 2.24. The van der Waals surface area contributed by atoms with Crippen molar-refractivity contribution in [3.8, 4) is 0 Å². The molecule has 1 N–H and O–H groups in total.